The molecule has 8 rings (SSSR count). The number of carbonyl (C=O) groups excluding carboxylic acids is 2. The van der Waals surface area contributed by atoms with Crippen LogP contribution in [0.25, 0.3) is 44.5 Å². The van der Waals surface area contributed by atoms with Gasteiger partial charge >= 0.3 is 0 Å². The van der Waals surface area contributed by atoms with Crippen LogP contribution in [0.4, 0.5) is 0 Å². The molecule has 3 aliphatic rings. The molecule has 2 fully saturated rings. The van der Waals surface area contributed by atoms with Crippen molar-refractivity contribution in [3.63, 3.8) is 0 Å². The topological polar surface area (TPSA) is 93.5 Å². The maximum absolute atomic E-state index is 13.6. The van der Waals surface area contributed by atoms with Gasteiger partial charge in [-0.1, -0.05) is 43.7 Å². The van der Waals surface area contributed by atoms with Crippen molar-refractivity contribution in [1.29, 1.82) is 0 Å². The fourth-order valence-electron chi connectivity index (χ4n) is 7.35. The molecule has 2 amide bonds. The van der Waals surface area contributed by atoms with Crippen molar-refractivity contribution in [2.24, 2.45) is 17.6 Å². The lowest BCUT2D eigenvalue weighted by molar-refractivity contribution is 0.0739. The quantitative estimate of drug-likeness (QED) is 0.227. The van der Waals surface area contributed by atoms with Crippen LogP contribution in [0.3, 0.4) is 0 Å². The third-order valence-corrected chi connectivity index (χ3v) is 10.4. The minimum atomic E-state index is -0.00351. The summed E-state index contributed by atoms with van der Waals surface area (Å²) in [5.74, 6) is 1.84. The largest absolute Gasteiger partial charge is 0.454 e. The molecule has 0 bridgehead atoms. The second-order valence-electron chi connectivity index (χ2n) is 13.1. The van der Waals surface area contributed by atoms with Gasteiger partial charge in [0, 0.05) is 64.7 Å². The van der Waals surface area contributed by atoms with E-state index >= 15 is 0 Å². The van der Waals surface area contributed by atoms with E-state index in [0.29, 0.717) is 30.5 Å². The number of amides is 2. The first-order chi connectivity index (χ1) is 21.3. The number of furan rings is 1. The average Bonchev–Trinajstić information content (AvgIpc) is 3.43. The monoisotopic (exact) mass is 586 g/mol. The van der Waals surface area contributed by atoms with Crippen LogP contribution in [0, 0.1) is 18.8 Å². The third kappa shape index (κ3) is 4.28. The zero-order valence-corrected chi connectivity index (χ0v) is 25.5. The van der Waals surface area contributed by atoms with Crippen LogP contribution in [-0.4, -0.2) is 39.9 Å². The van der Waals surface area contributed by atoms with E-state index in [9.17, 15) is 9.59 Å². The fraction of sp³-hybridized carbons (Fsp3) is 0.351. The maximum atomic E-state index is 13.6. The third-order valence-electron chi connectivity index (χ3n) is 10.4. The van der Waals surface area contributed by atoms with Gasteiger partial charge in [-0.2, -0.15) is 0 Å². The smallest absolute Gasteiger partial charge is 0.254 e. The Labute approximate surface area is 257 Å². The summed E-state index contributed by atoms with van der Waals surface area (Å²) in [7, 11) is 0. The van der Waals surface area contributed by atoms with Crippen molar-refractivity contribution in [2.75, 3.05) is 6.54 Å². The van der Waals surface area contributed by atoms with Gasteiger partial charge in [0.2, 0.25) is 0 Å². The van der Waals surface area contributed by atoms with Crippen LogP contribution in [0.1, 0.15) is 65.0 Å². The summed E-state index contributed by atoms with van der Waals surface area (Å²) in [6.07, 6.45) is 3.44. The Morgan fingerprint density at radius 1 is 1.05 bits per heavy atom. The summed E-state index contributed by atoms with van der Waals surface area (Å²) in [5.41, 5.74) is 15.0. The van der Waals surface area contributed by atoms with Crippen LogP contribution in [0.2, 0.25) is 0 Å². The van der Waals surface area contributed by atoms with Crippen molar-refractivity contribution >= 4 is 33.7 Å². The summed E-state index contributed by atoms with van der Waals surface area (Å²) in [6.45, 7) is 8.52. The molecular weight excluding hydrogens is 548 g/mol. The molecule has 2 aromatic heterocycles. The van der Waals surface area contributed by atoms with E-state index in [4.69, 9.17) is 10.2 Å². The summed E-state index contributed by atoms with van der Waals surface area (Å²) in [5, 5.41) is 5.10. The molecule has 7 heteroatoms. The fourth-order valence-corrected chi connectivity index (χ4v) is 7.35. The summed E-state index contributed by atoms with van der Waals surface area (Å²) in [6, 6.07) is 20.8. The molecule has 0 spiro atoms. The molecule has 4 heterocycles. The molecule has 5 aromatic rings. The highest BCUT2D eigenvalue weighted by molar-refractivity contribution is 6.01. The summed E-state index contributed by atoms with van der Waals surface area (Å²) < 4.78 is 9.03. The Kier molecular flexibility index (Phi) is 6.24. The molecule has 3 aromatic carbocycles. The number of fused-ring (bicyclic) bond motifs is 3. The number of aryl methyl sites for hydroxylation is 1. The second kappa shape index (κ2) is 10.1. The van der Waals surface area contributed by atoms with E-state index in [1.165, 1.54) is 12.8 Å². The number of likely N-dealkylation sites (tertiary alicyclic amines) is 1. The number of nitrogens with one attached hydrogen (secondary N) is 1. The standard InChI is InChI=1S/C37H38N4O3/c1-4-23-19-40(21(3)34(23)38)37(43)27-11-12-29-20(2)35(44-33(29)16-27)32-15-26-9-7-25(14-31(26)41(32)18-22-5-6-22)24-8-10-28-17-39-36(42)30(28)13-24/h7-16,21-23,34H,4-6,17-19,38H2,1-3H3,(H,39,42). The SMILES string of the molecule is CCC1CN(C(=O)c2ccc3c(C)c(-c4cc5ccc(-c6ccc7c(c6)C(=O)NC7)cc5n4CC4CC4)oc3c2)C(C)C1N. The highest BCUT2D eigenvalue weighted by Gasteiger charge is 2.38. The zero-order valence-electron chi connectivity index (χ0n) is 25.5. The molecule has 224 valence electrons. The van der Waals surface area contributed by atoms with E-state index in [0.717, 1.165) is 74.1 Å². The van der Waals surface area contributed by atoms with Crippen molar-refractivity contribution < 1.29 is 14.0 Å². The van der Waals surface area contributed by atoms with Crippen LogP contribution >= 0.6 is 0 Å². The molecule has 0 radical (unpaired) electrons. The van der Waals surface area contributed by atoms with Crippen molar-refractivity contribution in [2.45, 2.75) is 65.2 Å². The Balaban J connectivity index is 1.19. The number of benzene rings is 3. The molecule has 1 saturated carbocycles. The highest BCUT2D eigenvalue weighted by Crippen LogP contribution is 2.41. The lowest BCUT2D eigenvalue weighted by Gasteiger charge is -2.23. The number of rotatable bonds is 6. The number of nitrogens with two attached hydrogens (primary N) is 1. The lowest BCUT2D eigenvalue weighted by Crippen LogP contribution is -2.41. The molecule has 44 heavy (non-hydrogen) atoms. The number of carbonyl (C=O) groups is 2. The van der Waals surface area contributed by atoms with Crippen molar-refractivity contribution in [3.8, 4) is 22.6 Å². The predicted octanol–water partition coefficient (Wildman–Crippen LogP) is 6.88. The molecule has 2 aliphatic heterocycles. The Morgan fingerprint density at radius 3 is 2.61 bits per heavy atom. The normalized spacial score (nSPS) is 21.4. The van der Waals surface area contributed by atoms with E-state index in [1.807, 2.05) is 29.2 Å². The van der Waals surface area contributed by atoms with Gasteiger partial charge in [-0.25, -0.2) is 0 Å². The molecule has 3 unspecified atom stereocenters. The predicted molar refractivity (Wildman–Crippen MR) is 173 cm³/mol. The van der Waals surface area contributed by atoms with Gasteiger partial charge in [-0.3, -0.25) is 9.59 Å². The van der Waals surface area contributed by atoms with E-state index < -0.39 is 0 Å². The molecule has 3 atom stereocenters. The van der Waals surface area contributed by atoms with Crippen molar-refractivity contribution in [1.82, 2.24) is 14.8 Å². The lowest BCUT2D eigenvalue weighted by atomic mass is 9.98. The van der Waals surface area contributed by atoms with Crippen LogP contribution in [-0.2, 0) is 13.1 Å². The minimum absolute atomic E-state index is 0.00115. The van der Waals surface area contributed by atoms with Gasteiger partial charge < -0.3 is 24.9 Å². The first-order valence-electron chi connectivity index (χ1n) is 16.0. The minimum Gasteiger partial charge on any atom is -0.454 e. The van der Waals surface area contributed by atoms with Gasteiger partial charge in [0.05, 0.1) is 5.69 Å². The Morgan fingerprint density at radius 2 is 1.84 bits per heavy atom. The maximum Gasteiger partial charge on any atom is 0.254 e. The first kappa shape index (κ1) is 27.2. The average molecular weight is 587 g/mol. The Bertz CT molecular complexity index is 1980. The Hall–Kier alpha value is -4.36. The molecule has 1 aliphatic carbocycles. The number of hydrogen-bond donors (Lipinski definition) is 2. The molecule has 3 N–H and O–H groups in total. The van der Waals surface area contributed by atoms with Crippen LogP contribution in [0.15, 0.2) is 65.1 Å². The van der Waals surface area contributed by atoms with Gasteiger partial charge in [0.15, 0.2) is 5.76 Å². The zero-order chi connectivity index (χ0) is 30.3. The van der Waals surface area contributed by atoms with Gasteiger partial charge in [-0.15, -0.1) is 0 Å². The number of hydrogen-bond acceptors (Lipinski definition) is 4. The van der Waals surface area contributed by atoms with E-state index in [-0.39, 0.29) is 23.9 Å². The van der Waals surface area contributed by atoms with Gasteiger partial charge in [0.25, 0.3) is 11.8 Å². The molecule has 7 nitrogen and oxygen atoms in total. The first-order valence-corrected chi connectivity index (χ1v) is 16.0. The molecular formula is C37H38N4O3. The van der Waals surface area contributed by atoms with E-state index in [1.54, 1.807) is 0 Å². The highest BCUT2D eigenvalue weighted by atomic mass is 16.3. The second-order valence-corrected chi connectivity index (χ2v) is 13.1. The summed E-state index contributed by atoms with van der Waals surface area (Å²) >= 11 is 0. The number of aromatic nitrogens is 1. The van der Waals surface area contributed by atoms with Crippen molar-refractivity contribution in [3.05, 3.63) is 82.9 Å². The van der Waals surface area contributed by atoms with Gasteiger partial charge in [-0.05, 0) is 85.5 Å². The van der Waals surface area contributed by atoms with Crippen LogP contribution < -0.4 is 11.1 Å². The van der Waals surface area contributed by atoms with E-state index in [2.05, 4.69) is 67.1 Å². The number of nitrogens with zero attached hydrogens (tertiary/aromatic N) is 2. The van der Waals surface area contributed by atoms with Crippen LogP contribution in [0.5, 0.6) is 0 Å². The summed E-state index contributed by atoms with van der Waals surface area (Å²) in [4.78, 5) is 27.9. The van der Waals surface area contributed by atoms with Gasteiger partial charge in [0.1, 0.15) is 5.58 Å². The molecule has 1 saturated heterocycles.